The van der Waals surface area contributed by atoms with E-state index in [2.05, 4.69) is 10.6 Å². The van der Waals surface area contributed by atoms with Crippen molar-refractivity contribution >= 4 is 29.5 Å². The Kier molecular flexibility index (Phi) is 8.06. The van der Waals surface area contributed by atoms with E-state index in [1.54, 1.807) is 45.0 Å². The molecule has 27 heavy (non-hydrogen) atoms. The van der Waals surface area contributed by atoms with Crippen LogP contribution in [0.4, 0.5) is 4.79 Å². The molecule has 4 N–H and O–H groups in total. The maximum Gasteiger partial charge on any atom is 0.312 e. The van der Waals surface area contributed by atoms with Crippen LogP contribution in [0.5, 0.6) is 0 Å². The molecule has 1 rings (SSSR count). The van der Waals surface area contributed by atoms with Crippen LogP contribution in [0.3, 0.4) is 0 Å². The van der Waals surface area contributed by atoms with E-state index in [1.165, 1.54) is 0 Å². The smallest absolute Gasteiger partial charge is 0.312 e. The van der Waals surface area contributed by atoms with Crippen molar-refractivity contribution in [3.8, 4) is 6.07 Å². The average Bonchev–Trinajstić information content (AvgIpc) is 2.59. The summed E-state index contributed by atoms with van der Waals surface area (Å²) in [6.07, 6.45) is -0.225. The maximum absolute atomic E-state index is 12.1. The Morgan fingerprint density at radius 1 is 1.30 bits per heavy atom. The summed E-state index contributed by atoms with van der Waals surface area (Å²) in [7, 11) is 0. The lowest BCUT2D eigenvalue weighted by Gasteiger charge is -2.27. The van der Waals surface area contributed by atoms with E-state index in [4.69, 9.17) is 22.1 Å². The predicted molar refractivity (Wildman–Crippen MR) is 99.5 cm³/mol. The minimum absolute atomic E-state index is 0.129. The summed E-state index contributed by atoms with van der Waals surface area (Å²) >= 11 is 5.83. The molecular formula is C18H23ClN4O4. The summed E-state index contributed by atoms with van der Waals surface area (Å²) in [6.45, 7) is 4.64. The number of hydrogen-bond donors (Lipinski definition) is 3. The van der Waals surface area contributed by atoms with Gasteiger partial charge in [0, 0.05) is 5.02 Å². The molecule has 146 valence electrons. The zero-order chi connectivity index (χ0) is 20.6. The molecule has 9 heteroatoms. The minimum Gasteiger partial charge on any atom is -0.456 e. The van der Waals surface area contributed by atoms with Gasteiger partial charge in [0.2, 0.25) is 0 Å². The van der Waals surface area contributed by atoms with Gasteiger partial charge in [-0.3, -0.25) is 9.59 Å². The highest BCUT2D eigenvalue weighted by Crippen LogP contribution is 2.20. The molecule has 0 unspecified atom stereocenters. The standard InChI is InChI=1S/C18H23ClN4O4/c1-11(2)18(3,10-20)23-15(24)9-27-16(25)8-14(22-17(21)26)12-4-6-13(19)7-5-12/h4-7,11,14H,8-9H2,1-3H3,(H,23,24)(H3,21,22,26)/t14-,18-/m1/s1. The molecule has 3 amide bonds. The number of nitrogens with two attached hydrogens (primary N) is 1. The first kappa shape index (κ1) is 22.3. The molecule has 0 aromatic heterocycles. The van der Waals surface area contributed by atoms with Crippen molar-refractivity contribution in [1.29, 1.82) is 5.26 Å². The molecule has 1 aromatic carbocycles. The highest BCUT2D eigenvalue weighted by atomic mass is 35.5. The van der Waals surface area contributed by atoms with Gasteiger partial charge in [0.05, 0.1) is 18.5 Å². The van der Waals surface area contributed by atoms with E-state index in [0.29, 0.717) is 10.6 Å². The lowest BCUT2D eigenvalue weighted by molar-refractivity contribution is -0.149. The lowest BCUT2D eigenvalue weighted by Crippen LogP contribution is -2.50. The van der Waals surface area contributed by atoms with Gasteiger partial charge >= 0.3 is 12.0 Å². The molecule has 0 aliphatic heterocycles. The lowest BCUT2D eigenvalue weighted by atomic mass is 9.90. The SMILES string of the molecule is CC(C)[C@@](C)(C#N)NC(=O)COC(=O)C[C@@H](NC(N)=O)c1ccc(Cl)cc1. The highest BCUT2D eigenvalue weighted by Gasteiger charge is 2.30. The van der Waals surface area contributed by atoms with Gasteiger partial charge in [-0.1, -0.05) is 37.6 Å². The number of nitrogens with one attached hydrogen (secondary N) is 2. The van der Waals surface area contributed by atoms with Crippen molar-refractivity contribution in [2.75, 3.05) is 6.61 Å². The number of rotatable bonds is 8. The molecule has 0 heterocycles. The number of urea groups is 1. The first-order chi connectivity index (χ1) is 12.6. The highest BCUT2D eigenvalue weighted by molar-refractivity contribution is 6.30. The van der Waals surface area contributed by atoms with Crippen molar-refractivity contribution < 1.29 is 19.1 Å². The quantitative estimate of drug-likeness (QED) is 0.580. The van der Waals surface area contributed by atoms with Crippen LogP contribution in [-0.2, 0) is 14.3 Å². The van der Waals surface area contributed by atoms with Crippen molar-refractivity contribution in [2.24, 2.45) is 11.7 Å². The van der Waals surface area contributed by atoms with E-state index >= 15 is 0 Å². The van der Waals surface area contributed by atoms with Crippen LogP contribution in [0.1, 0.15) is 38.8 Å². The number of esters is 1. The number of carbonyl (C=O) groups is 3. The number of halogens is 1. The third-order valence-electron chi connectivity index (χ3n) is 4.11. The normalized spacial score (nSPS) is 13.8. The summed E-state index contributed by atoms with van der Waals surface area (Å²) < 4.78 is 4.95. The second kappa shape index (κ2) is 9.78. The average molecular weight is 395 g/mol. The van der Waals surface area contributed by atoms with Gasteiger partial charge in [-0.05, 0) is 30.5 Å². The number of carbonyl (C=O) groups excluding carboxylic acids is 3. The van der Waals surface area contributed by atoms with Gasteiger partial charge in [0.25, 0.3) is 5.91 Å². The van der Waals surface area contributed by atoms with Gasteiger partial charge in [-0.15, -0.1) is 0 Å². The summed E-state index contributed by atoms with van der Waals surface area (Å²) in [5.74, 6) is -1.43. The molecule has 2 atom stereocenters. The number of benzene rings is 1. The number of hydrogen-bond acceptors (Lipinski definition) is 5. The van der Waals surface area contributed by atoms with Gasteiger partial charge in [-0.2, -0.15) is 5.26 Å². The molecule has 1 aromatic rings. The van der Waals surface area contributed by atoms with Crippen LogP contribution < -0.4 is 16.4 Å². The van der Waals surface area contributed by atoms with Crippen LogP contribution in [0.15, 0.2) is 24.3 Å². The van der Waals surface area contributed by atoms with E-state index in [0.717, 1.165) is 0 Å². The van der Waals surface area contributed by atoms with Crippen LogP contribution >= 0.6 is 11.6 Å². The molecule has 0 aliphatic rings. The number of amides is 3. The molecular weight excluding hydrogens is 372 g/mol. The fraction of sp³-hybridized carbons (Fsp3) is 0.444. The van der Waals surface area contributed by atoms with E-state index in [1.807, 2.05) is 6.07 Å². The number of ether oxygens (including phenoxy) is 1. The Hall–Kier alpha value is -2.79. The van der Waals surface area contributed by atoms with Gasteiger partial charge < -0.3 is 21.1 Å². The van der Waals surface area contributed by atoms with Gasteiger partial charge in [-0.25, -0.2) is 4.79 Å². The molecule has 0 bridgehead atoms. The minimum atomic E-state index is -1.07. The zero-order valence-corrected chi connectivity index (χ0v) is 16.2. The maximum atomic E-state index is 12.1. The number of nitriles is 1. The van der Waals surface area contributed by atoms with Crippen molar-refractivity contribution in [3.63, 3.8) is 0 Å². The summed E-state index contributed by atoms with van der Waals surface area (Å²) in [4.78, 5) is 35.2. The monoisotopic (exact) mass is 394 g/mol. The number of primary amides is 1. The summed E-state index contributed by atoms with van der Waals surface area (Å²) in [6, 6.07) is 7.01. The van der Waals surface area contributed by atoms with E-state index < -0.39 is 36.1 Å². The summed E-state index contributed by atoms with van der Waals surface area (Å²) in [5, 5.41) is 14.7. The zero-order valence-electron chi connectivity index (χ0n) is 15.4. The Labute approximate surface area is 163 Å². The Balaban J connectivity index is 2.66. The molecule has 0 aliphatic carbocycles. The predicted octanol–water partition coefficient (Wildman–Crippen LogP) is 2.04. The van der Waals surface area contributed by atoms with Crippen molar-refractivity contribution in [1.82, 2.24) is 10.6 Å². The molecule has 0 saturated carbocycles. The first-order valence-corrected chi connectivity index (χ1v) is 8.64. The Morgan fingerprint density at radius 3 is 2.37 bits per heavy atom. The van der Waals surface area contributed by atoms with Crippen LogP contribution in [-0.4, -0.2) is 30.1 Å². The third kappa shape index (κ3) is 7.15. The fourth-order valence-electron chi connectivity index (χ4n) is 2.12. The van der Waals surface area contributed by atoms with Gasteiger partial charge in [0.1, 0.15) is 5.54 Å². The summed E-state index contributed by atoms with van der Waals surface area (Å²) in [5.41, 5.74) is 4.69. The number of nitrogens with zero attached hydrogens (tertiary/aromatic N) is 1. The van der Waals surface area contributed by atoms with Crippen LogP contribution in [0.25, 0.3) is 0 Å². The molecule has 0 spiro atoms. The van der Waals surface area contributed by atoms with Gasteiger partial charge in [0.15, 0.2) is 6.61 Å². The molecule has 8 nitrogen and oxygen atoms in total. The van der Waals surface area contributed by atoms with E-state index in [-0.39, 0.29) is 12.3 Å². The largest absolute Gasteiger partial charge is 0.456 e. The molecule has 0 radical (unpaired) electrons. The Bertz CT molecular complexity index is 730. The van der Waals surface area contributed by atoms with E-state index in [9.17, 15) is 19.6 Å². The third-order valence-corrected chi connectivity index (χ3v) is 4.36. The molecule has 0 saturated heterocycles. The topological polar surface area (TPSA) is 134 Å². The Morgan fingerprint density at radius 2 is 1.89 bits per heavy atom. The first-order valence-electron chi connectivity index (χ1n) is 8.26. The van der Waals surface area contributed by atoms with Crippen molar-refractivity contribution in [2.45, 2.75) is 38.8 Å². The second-order valence-electron chi connectivity index (χ2n) is 6.49. The molecule has 0 fully saturated rings. The second-order valence-corrected chi connectivity index (χ2v) is 6.93. The fourth-order valence-corrected chi connectivity index (χ4v) is 2.24. The van der Waals surface area contributed by atoms with Crippen molar-refractivity contribution in [3.05, 3.63) is 34.9 Å². The van der Waals surface area contributed by atoms with Crippen LogP contribution in [0, 0.1) is 17.2 Å². The van der Waals surface area contributed by atoms with Crippen LogP contribution in [0.2, 0.25) is 5.02 Å².